The highest BCUT2D eigenvalue weighted by Gasteiger charge is 2.30. The summed E-state index contributed by atoms with van der Waals surface area (Å²) in [4.78, 5) is 12.3. The number of hydrogen-bond donors (Lipinski definition) is 1. The average Bonchev–Trinajstić information content (AvgIpc) is 2.84. The summed E-state index contributed by atoms with van der Waals surface area (Å²) in [5.74, 6) is 5.14. The number of hydrogen-bond acceptors (Lipinski definition) is 2. The molecule has 0 bridgehead atoms. The second kappa shape index (κ2) is 8.49. The fourth-order valence-corrected chi connectivity index (χ4v) is 2.74. The predicted octanol–water partition coefficient (Wildman–Crippen LogP) is 4.30. The molecule has 1 aromatic heterocycles. The Kier molecular flexibility index (Phi) is 6.55. The first-order valence-corrected chi connectivity index (χ1v) is 8.64. The minimum absolute atomic E-state index is 0.0276. The summed E-state index contributed by atoms with van der Waals surface area (Å²) < 4.78 is 39.6. The molecule has 4 nitrogen and oxygen atoms in total. The lowest BCUT2D eigenvalue weighted by Crippen LogP contribution is -2.24. The van der Waals surface area contributed by atoms with E-state index in [1.807, 2.05) is 13.8 Å². The number of nitrogens with one attached hydrogen (secondary N) is 1. The van der Waals surface area contributed by atoms with Gasteiger partial charge in [0.2, 0.25) is 0 Å². The maximum atomic E-state index is 12.7. The maximum Gasteiger partial charge on any atom is 0.416 e. The van der Waals surface area contributed by atoms with E-state index in [1.54, 1.807) is 11.6 Å². The summed E-state index contributed by atoms with van der Waals surface area (Å²) >= 11 is 6.23. The molecule has 0 unspecified atom stereocenters. The van der Waals surface area contributed by atoms with Crippen LogP contribution in [0.1, 0.15) is 41.0 Å². The van der Waals surface area contributed by atoms with Gasteiger partial charge < -0.3 is 5.32 Å². The summed E-state index contributed by atoms with van der Waals surface area (Å²) in [7, 11) is 0. The van der Waals surface area contributed by atoms with Crippen LogP contribution in [0, 0.1) is 24.7 Å². The molecule has 2 rings (SSSR count). The average molecular weight is 398 g/mol. The Hall–Kier alpha value is -2.46. The number of alkyl halides is 3. The lowest BCUT2D eigenvalue weighted by molar-refractivity contribution is -0.137. The fraction of sp³-hybridized carbons (Fsp3) is 0.368. The van der Waals surface area contributed by atoms with E-state index in [0.29, 0.717) is 18.2 Å². The predicted molar refractivity (Wildman–Crippen MR) is 97.5 cm³/mol. The van der Waals surface area contributed by atoms with Crippen molar-refractivity contribution in [1.82, 2.24) is 15.1 Å². The van der Waals surface area contributed by atoms with Crippen LogP contribution < -0.4 is 5.32 Å². The molecule has 144 valence electrons. The molecule has 2 aromatic rings. The molecule has 0 aliphatic rings. The largest absolute Gasteiger partial charge is 0.416 e. The number of aryl methyl sites for hydroxylation is 1. The van der Waals surface area contributed by atoms with Crippen molar-refractivity contribution in [2.45, 2.75) is 33.5 Å². The maximum absolute atomic E-state index is 12.7. The van der Waals surface area contributed by atoms with Gasteiger partial charge in [-0.1, -0.05) is 43.4 Å². The first-order chi connectivity index (χ1) is 12.6. The van der Waals surface area contributed by atoms with Gasteiger partial charge in [-0.2, -0.15) is 18.3 Å². The highest BCUT2D eigenvalue weighted by atomic mass is 35.5. The minimum Gasteiger partial charge on any atom is -0.341 e. The monoisotopic (exact) mass is 397 g/mol. The third-order valence-electron chi connectivity index (χ3n) is 3.59. The number of amides is 1. The Morgan fingerprint density at radius 3 is 2.70 bits per heavy atom. The minimum atomic E-state index is -4.42. The summed E-state index contributed by atoms with van der Waals surface area (Å²) in [6.07, 6.45) is -4.42. The molecule has 1 aromatic carbocycles. The molecular formula is C19H19ClF3N3O. The van der Waals surface area contributed by atoms with Gasteiger partial charge in [0.25, 0.3) is 5.91 Å². The van der Waals surface area contributed by atoms with E-state index in [9.17, 15) is 18.0 Å². The lowest BCUT2D eigenvalue weighted by atomic mass is 10.1. The van der Waals surface area contributed by atoms with Crippen molar-refractivity contribution in [3.8, 4) is 11.8 Å². The van der Waals surface area contributed by atoms with Crippen LogP contribution in [0.3, 0.4) is 0 Å². The standard InChI is InChI=1S/C19H19ClF3N3O/c1-12(2)11-26-17(20)16(13(3)25-26)18(27)24-9-5-7-14-6-4-8-15(10-14)19(21,22)23/h4,6,8,10,12H,9,11H2,1-3H3,(H,24,27). The molecule has 1 N–H and O–H groups in total. The zero-order valence-electron chi connectivity index (χ0n) is 15.1. The van der Waals surface area contributed by atoms with Crippen molar-refractivity contribution in [3.63, 3.8) is 0 Å². The highest BCUT2D eigenvalue weighted by molar-refractivity contribution is 6.33. The SMILES string of the molecule is Cc1nn(CC(C)C)c(Cl)c1C(=O)NCC#Cc1cccc(C(F)(F)F)c1. The molecular weight excluding hydrogens is 379 g/mol. The topological polar surface area (TPSA) is 46.9 Å². The Morgan fingerprint density at radius 2 is 2.07 bits per heavy atom. The van der Waals surface area contributed by atoms with Gasteiger partial charge in [-0.15, -0.1) is 0 Å². The van der Waals surface area contributed by atoms with Gasteiger partial charge >= 0.3 is 6.18 Å². The molecule has 0 fully saturated rings. The fourth-order valence-electron chi connectivity index (χ4n) is 2.41. The van der Waals surface area contributed by atoms with Gasteiger partial charge in [-0.05, 0) is 31.0 Å². The Morgan fingerprint density at radius 1 is 1.37 bits per heavy atom. The zero-order valence-corrected chi connectivity index (χ0v) is 15.9. The van der Waals surface area contributed by atoms with Crippen molar-refractivity contribution in [2.75, 3.05) is 6.54 Å². The van der Waals surface area contributed by atoms with Crippen LogP contribution in [-0.2, 0) is 12.7 Å². The Balaban J connectivity index is 2.04. The molecule has 0 saturated heterocycles. The van der Waals surface area contributed by atoms with Crippen molar-refractivity contribution >= 4 is 17.5 Å². The van der Waals surface area contributed by atoms with Crippen LogP contribution in [-0.4, -0.2) is 22.2 Å². The number of halogens is 4. The van der Waals surface area contributed by atoms with Gasteiger partial charge in [-0.3, -0.25) is 9.48 Å². The molecule has 0 aliphatic carbocycles. The summed E-state index contributed by atoms with van der Waals surface area (Å²) in [5.41, 5.74) is 0.235. The van der Waals surface area contributed by atoms with E-state index in [0.717, 1.165) is 12.1 Å². The number of nitrogens with zero attached hydrogens (tertiary/aromatic N) is 2. The van der Waals surface area contributed by atoms with Crippen LogP contribution in [0.4, 0.5) is 13.2 Å². The van der Waals surface area contributed by atoms with Gasteiger partial charge in [0.05, 0.1) is 23.4 Å². The summed E-state index contributed by atoms with van der Waals surface area (Å²) in [5, 5.41) is 7.11. The molecule has 0 spiro atoms. The van der Waals surface area contributed by atoms with Crippen LogP contribution >= 0.6 is 11.6 Å². The van der Waals surface area contributed by atoms with E-state index in [1.165, 1.54) is 12.1 Å². The Bertz CT molecular complexity index is 892. The van der Waals surface area contributed by atoms with Gasteiger partial charge in [0, 0.05) is 12.1 Å². The molecule has 0 saturated carbocycles. The van der Waals surface area contributed by atoms with Crippen LogP contribution in [0.25, 0.3) is 0 Å². The zero-order chi connectivity index (χ0) is 20.2. The van der Waals surface area contributed by atoms with Crippen molar-refractivity contribution < 1.29 is 18.0 Å². The smallest absolute Gasteiger partial charge is 0.341 e. The molecule has 1 heterocycles. The molecule has 0 aliphatic heterocycles. The molecule has 0 radical (unpaired) electrons. The van der Waals surface area contributed by atoms with E-state index >= 15 is 0 Å². The summed E-state index contributed by atoms with van der Waals surface area (Å²) in [6, 6.07) is 4.71. The lowest BCUT2D eigenvalue weighted by Gasteiger charge is -2.06. The van der Waals surface area contributed by atoms with Crippen LogP contribution in [0.5, 0.6) is 0 Å². The van der Waals surface area contributed by atoms with Crippen molar-refractivity contribution in [1.29, 1.82) is 0 Å². The molecule has 1 amide bonds. The van der Waals surface area contributed by atoms with Crippen LogP contribution in [0.2, 0.25) is 5.15 Å². The molecule has 8 heteroatoms. The number of aromatic nitrogens is 2. The number of rotatable bonds is 4. The first kappa shape index (κ1) is 20.8. The normalized spacial score (nSPS) is 11.3. The van der Waals surface area contributed by atoms with E-state index < -0.39 is 17.6 Å². The van der Waals surface area contributed by atoms with Gasteiger partial charge in [-0.25, -0.2) is 0 Å². The van der Waals surface area contributed by atoms with Gasteiger partial charge in [0.1, 0.15) is 5.15 Å². The third kappa shape index (κ3) is 5.51. The Labute approximate surface area is 160 Å². The van der Waals surface area contributed by atoms with E-state index in [-0.39, 0.29) is 22.8 Å². The number of carbonyl (C=O) groups is 1. The van der Waals surface area contributed by atoms with Crippen LogP contribution in [0.15, 0.2) is 24.3 Å². The summed E-state index contributed by atoms with van der Waals surface area (Å²) in [6.45, 7) is 6.27. The molecule has 27 heavy (non-hydrogen) atoms. The van der Waals surface area contributed by atoms with Gasteiger partial charge in [0.15, 0.2) is 0 Å². The second-order valence-electron chi connectivity index (χ2n) is 6.39. The number of carbonyl (C=O) groups excluding carboxylic acids is 1. The quantitative estimate of drug-likeness (QED) is 0.782. The van der Waals surface area contributed by atoms with Crippen molar-refractivity contribution in [3.05, 3.63) is 51.8 Å². The first-order valence-electron chi connectivity index (χ1n) is 8.26. The van der Waals surface area contributed by atoms with E-state index in [2.05, 4.69) is 22.3 Å². The van der Waals surface area contributed by atoms with Crippen molar-refractivity contribution in [2.24, 2.45) is 5.92 Å². The van der Waals surface area contributed by atoms with E-state index in [4.69, 9.17) is 11.6 Å². The molecule has 0 atom stereocenters. The third-order valence-corrected chi connectivity index (χ3v) is 3.97. The number of benzene rings is 1. The highest BCUT2D eigenvalue weighted by Crippen LogP contribution is 2.29. The second-order valence-corrected chi connectivity index (χ2v) is 6.75.